The van der Waals surface area contributed by atoms with Gasteiger partial charge in [-0.05, 0) is 0 Å². The Labute approximate surface area is 74.3 Å². The molecule has 0 atom stereocenters. The average Bonchev–Trinajstić information content (AvgIpc) is 1.36. The van der Waals surface area contributed by atoms with Gasteiger partial charge in [-0.3, -0.25) is 4.66 Å². The van der Waals surface area contributed by atoms with Crippen LogP contribution in [0.3, 0.4) is 0 Å². The van der Waals surface area contributed by atoms with Gasteiger partial charge in [0.05, 0.1) is 11.9 Å². The van der Waals surface area contributed by atoms with Crippen molar-refractivity contribution in [2.24, 2.45) is 0 Å². The predicted molar refractivity (Wildman–Crippen MR) is 10.1 cm³/mol. The Hall–Kier alpha value is 1.13. The van der Waals surface area contributed by atoms with Gasteiger partial charge in [0.25, 0.3) is 0 Å². The zero-order valence-corrected chi connectivity index (χ0v) is 7.77. The van der Waals surface area contributed by atoms with E-state index in [0.29, 0.717) is 0 Å². The summed E-state index contributed by atoms with van der Waals surface area (Å²) in [5.41, 5.74) is 0. The zero-order chi connectivity index (χ0) is 6.50. The van der Waals surface area contributed by atoms with Crippen LogP contribution in [-0.4, -0.2) is 4.66 Å². The van der Waals surface area contributed by atoms with Crippen LogP contribution in [0.25, 0.3) is 0 Å². The van der Waals surface area contributed by atoms with Crippen LogP contribution >= 0.6 is 11.9 Å². The minimum atomic E-state index is -5.62. The van der Waals surface area contributed by atoms with E-state index < -0.39 is 13.0 Å². The molecular weight excluding hydrogens is 193 g/mol. The zero-order valence-electron chi connectivity index (χ0n) is 3.84. The third-order valence-corrected chi connectivity index (χ3v) is 0. The van der Waals surface area contributed by atoms with Crippen molar-refractivity contribution in [2.75, 3.05) is 0 Å². The summed E-state index contributed by atoms with van der Waals surface area (Å²) in [6, 6.07) is 0. The molecule has 0 rings (SSSR count). The first-order valence-electron chi connectivity index (χ1n) is 0.786. The molecule has 0 aromatic heterocycles. The molecule has 0 bridgehead atoms. The second kappa shape index (κ2) is 8.13. The molecule has 0 spiro atoms. The monoisotopic (exact) mass is 194 g/mol. The van der Waals surface area contributed by atoms with Gasteiger partial charge in [-0.15, -0.1) is 0 Å². The molecule has 46 valence electrons. The standard InChI is InChI=1S/ClHO.Mn.Na.4O/c1-2;;;;;;/h2H;;;;;;/q;;+1;;;;-1. The summed E-state index contributed by atoms with van der Waals surface area (Å²) in [4.78, 5) is 0. The van der Waals surface area contributed by atoms with E-state index in [1.54, 1.807) is 0 Å². The van der Waals surface area contributed by atoms with Gasteiger partial charge in [-0.1, -0.05) is 0 Å². The summed E-state index contributed by atoms with van der Waals surface area (Å²) in [6.07, 6.45) is 0. The molecule has 0 aromatic rings. The first-order chi connectivity index (χ1) is 3.00. The Morgan fingerprint density at radius 3 is 1.25 bits per heavy atom. The van der Waals surface area contributed by atoms with E-state index in [2.05, 4.69) is 11.9 Å². The van der Waals surface area contributed by atoms with Crippen LogP contribution in [-0.2, 0) is 24.5 Å². The van der Waals surface area contributed by atoms with Gasteiger partial charge >= 0.3 is 58.2 Å². The van der Waals surface area contributed by atoms with Crippen LogP contribution in [0.1, 0.15) is 0 Å². The van der Waals surface area contributed by atoms with E-state index in [9.17, 15) is 0 Å². The van der Waals surface area contributed by atoms with Gasteiger partial charge in [-0.2, -0.15) is 0 Å². The fourth-order valence-corrected chi connectivity index (χ4v) is 0. The van der Waals surface area contributed by atoms with Gasteiger partial charge in [-0.25, -0.2) is 0 Å². The van der Waals surface area contributed by atoms with Crippen molar-refractivity contribution in [1.29, 1.82) is 0 Å². The van der Waals surface area contributed by atoms with E-state index in [1.165, 1.54) is 0 Å². The molecule has 0 aromatic carbocycles. The molecule has 0 radical (unpaired) electrons. The third kappa shape index (κ3) is 210. The van der Waals surface area contributed by atoms with E-state index >= 15 is 0 Å². The van der Waals surface area contributed by atoms with Crippen molar-refractivity contribution in [2.45, 2.75) is 0 Å². The quantitative estimate of drug-likeness (QED) is 0.393. The topological polar surface area (TPSA) is 94.5 Å². The van der Waals surface area contributed by atoms with E-state index in [4.69, 9.17) is 20.4 Å². The summed E-state index contributed by atoms with van der Waals surface area (Å²) in [7, 11) is 0. The van der Waals surface area contributed by atoms with E-state index in [-0.39, 0.29) is 29.6 Å². The Balaban J connectivity index is -0.0000000750. The Bertz CT molecular complexity index is 134. The Morgan fingerprint density at radius 2 is 1.25 bits per heavy atom. The number of hydrogen-bond donors (Lipinski definition) is 1. The summed E-state index contributed by atoms with van der Waals surface area (Å²) >= 11 is -1.99. The second-order valence-electron chi connectivity index (χ2n) is 0.378. The van der Waals surface area contributed by atoms with Gasteiger partial charge in [0.15, 0.2) is 0 Å². The van der Waals surface area contributed by atoms with Crippen LogP contribution in [0.2, 0.25) is 0 Å². The Morgan fingerprint density at radius 1 is 1.25 bits per heavy atom. The fourth-order valence-electron chi connectivity index (χ4n) is 0. The summed E-state index contributed by atoms with van der Waals surface area (Å²) in [6.45, 7) is 0. The molecule has 5 nitrogen and oxygen atoms in total. The maximum atomic E-state index is 8.58. The summed E-state index contributed by atoms with van der Waals surface area (Å²) in [5, 5.41) is 0. The van der Waals surface area contributed by atoms with Crippen LogP contribution in [0.5, 0.6) is 0 Å². The van der Waals surface area contributed by atoms with E-state index in [1.807, 2.05) is 0 Å². The van der Waals surface area contributed by atoms with Crippen LogP contribution in [0.15, 0.2) is 0 Å². The minimum absolute atomic E-state index is 0. The fraction of sp³-hybridized carbons (Fsp3) is 0. The molecule has 8 heteroatoms. The summed E-state index contributed by atoms with van der Waals surface area (Å²) in [5.74, 6) is 0. The van der Waals surface area contributed by atoms with Gasteiger partial charge in [0.1, 0.15) is 0 Å². The Kier molecular flexibility index (Phi) is 16.3. The van der Waals surface area contributed by atoms with Crippen LogP contribution in [0.4, 0.5) is 0 Å². The molecule has 0 amide bonds. The normalized spacial score (nSPS) is 7.88. The van der Waals surface area contributed by atoms with E-state index in [0.717, 1.165) is 0 Å². The molecule has 8 heavy (non-hydrogen) atoms. The molecular formula is HClMnNaO5. The molecule has 0 saturated heterocycles. The number of rotatable bonds is 0. The van der Waals surface area contributed by atoms with Crippen LogP contribution < -0.4 is 33.7 Å². The first kappa shape index (κ1) is 16.1. The van der Waals surface area contributed by atoms with Gasteiger partial charge in [0.2, 0.25) is 0 Å². The van der Waals surface area contributed by atoms with Crippen LogP contribution in [0, 0.1) is 0 Å². The molecule has 0 fully saturated rings. The SMILES string of the molecule is OCl.[Na+].[O]=[Mn](=[O])(=[O])[O-]. The third-order valence-electron chi connectivity index (χ3n) is 0. The van der Waals surface area contributed by atoms with Crippen molar-refractivity contribution in [3.63, 3.8) is 0 Å². The number of halogens is 1. The molecule has 0 aliphatic carbocycles. The van der Waals surface area contributed by atoms with Gasteiger partial charge < -0.3 is 0 Å². The molecule has 0 heterocycles. The molecule has 1 N–H and O–H groups in total. The van der Waals surface area contributed by atoms with Crippen molar-refractivity contribution in [1.82, 2.24) is 0 Å². The van der Waals surface area contributed by atoms with Crippen molar-refractivity contribution in [3.8, 4) is 0 Å². The second-order valence-corrected chi connectivity index (χ2v) is 1.56. The van der Waals surface area contributed by atoms with Crippen molar-refractivity contribution < 1.29 is 62.9 Å². The van der Waals surface area contributed by atoms with Crippen molar-refractivity contribution in [3.05, 3.63) is 0 Å². The maximum absolute atomic E-state index is 8.58. The first-order valence-corrected chi connectivity index (χ1v) is 3.05. The van der Waals surface area contributed by atoms with Gasteiger partial charge in [0, 0.05) is 0 Å². The number of hydrogen-bond acceptors (Lipinski definition) is 5. The molecule has 0 saturated carbocycles. The predicted octanol–water partition coefficient (Wildman–Crippen LogP) is -4.41. The van der Waals surface area contributed by atoms with Crippen molar-refractivity contribution >= 4 is 11.9 Å². The molecule has 0 unspecified atom stereocenters. The molecule has 0 aliphatic heterocycles. The average molecular weight is 194 g/mol. The summed E-state index contributed by atoms with van der Waals surface area (Å²) < 4.78 is 40.8. The molecule has 0 aliphatic rings.